The third-order valence-electron chi connectivity index (χ3n) is 7.09. The molecule has 0 fully saturated rings. The minimum absolute atomic E-state index is 1.28. The average Bonchev–Trinajstić information content (AvgIpc) is 3.57. The van der Waals surface area contributed by atoms with Crippen LogP contribution in [-0.2, 0) is 12.8 Å². The molecule has 3 aromatic heterocycles. The van der Waals surface area contributed by atoms with Gasteiger partial charge >= 0.3 is 207 Å². The fraction of sp³-hybridized carbons (Fsp3) is 0.556. The van der Waals surface area contributed by atoms with E-state index in [1.807, 2.05) is 14.2 Å². The van der Waals surface area contributed by atoms with E-state index in [2.05, 4.69) is 73.1 Å². The zero-order chi connectivity index (χ0) is 21.7. The molecule has 0 aromatic carbocycles. The summed E-state index contributed by atoms with van der Waals surface area (Å²) in [5, 5.41) is 2.23. The first-order chi connectivity index (χ1) is 15.2. The molecule has 0 unspecified atom stereocenters. The van der Waals surface area contributed by atoms with Crippen LogP contribution >= 0.6 is 34.0 Å². The summed E-state index contributed by atoms with van der Waals surface area (Å²) in [4.78, 5) is 6.26. The quantitative estimate of drug-likeness (QED) is 0.188. The molecule has 3 aromatic rings. The first-order valence-corrected chi connectivity index (χ1v) is 22.5. The van der Waals surface area contributed by atoms with Crippen LogP contribution in [0, 0.1) is 0 Å². The van der Waals surface area contributed by atoms with Gasteiger partial charge in [0.25, 0.3) is 0 Å². The maximum absolute atomic E-state index is 2.61. The van der Waals surface area contributed by atoms with Gasteiger partial charge in [0, 0.05) is 0 Å². The molecule has 4 rings (SSSR count). The molecule has 0 saturated heterocycles. The molecule has 0 aliphatic heterocycles. The summed E-state index contributed by atoms with van der Waals surface area (Å²) in [5.74, 6) is 0. The Kier molecular flexibility index (Phi) is 8.80. The van der Waals surface area contributed by atoms with Gasteiger partial charge in [-0.15, -0.1) is 0 Å². The molecule has 1 aliphatic rings. The van der Waals surface area contributed by atoms with E-state index >= 15 is 0 Å². The van der Waals surface area contributed by atoms with Gasteiger partial charge in [-0.25, -0.2) is 0 Å². The average molecular weight is 578 g/mol. The number of fused-ring (bicyclic) bond motifs is 1. The standard InChI is InChI=1S/C15H11S3.3C4H9.Sn/c1-4-10-11(5-1)15(13-7-3-9-17-13)18-14(10)12-6-2-8-16-12;3*1-3-4-2;/h2-3,6-8H,1,4-5H2;3*1,3-4H2,2H3;. The first-order valence-electron chi connectivity index (χ1n) is 12.5. The third-order valence-corrected chi connectivity index (χ3v) is 29.0. The molecule has 0 spiro atoms. The van der Waals surface area contributed by atoms with Gasteiger partial charge in [-0.2, -0.15) is 0 Å². The molecule has 0 N–H and O–H groups in total. The Hall–Kier alpha value is -0.101. The van der Waals surface area contributed by atoms with E-state index in [0.29, 0.717) is 0 Å². The Morgan fingerprint density at radius 3 is 1.90 bits per heavy atom. The van der Waals surface area contributed by atoms with Crippen molar-refractivity contribution in [3.63, 3.8) is 0 Å². The fourth-order valence-electron chi connectivity index (χ4n) is 5.31. The van der Waals surface area contributed by atoms with Crippen LogP contribution in [0.4, 0.5) is 0 Å². The van der Waals surface area contributed by atoms with E-state index in [1.165, 1.54) is 62.7 Å². The van der Waals surface area contributed by atoms with Crippen molar-refractivity contribution in [1.29, 1.82) is 0 Å². The van der Waals surface area contributed by atoms with Crippen molar-refractivity contribution in [2.45, 2.75) is 91.9 Å². The van der Waals surface area contributed by atoms with Gasteiger partial charge in [0.2, 0.25) is 0 Å². The van der Waals surface area contributed by atoms with E-state index in [0.717, 1.165) is 0 Å². The second-order valence-corrected chi connectivity index (χ2v) is 26.5. The van der Waals surface area contributed by atoms with Crippen molar-refractivity contribution in [2.75, 3.05) is 0 Å². The van der Waals surface area contributed by atoms with Crippen LogP contribution in [0.2, 0.25) is 13.3 Å². The van der Waals surface area contributed by atoms with Crippen LogP contribution in [0.15, 0.2) is 29.6 Å². The summed E-state index contributed by atoms with van der Waals surface area (Å²) >= 11 is 3.92. The SMILES string of the molecule is CCC[CH2][Sn]([CH2]CCC)([CH2]CCC)[c]1ccc(-c2sc(-c3cccs3)c3c2CCC3)s1. The van der Waals surface area contributed by atoms with E-state index in [4.69, 9.17) is 0 Å². The van der Waals surface area contributed by atoms with Crippen molar-refractivity contribution in [3.05, 3.63) is 40.8 Å². The molecule has 4 heteroatoms. The summed E-state index contributed by atoms with van der Waals surface area (Å²) in [6, 6.07) is 9.67. The molecule has 168 valence electrons. The molecule has 0 nitrogen and oxygen atoms in total. The normalized spacial score (nSPS) is 13.8. The van der Waals surface area contributed by atoms with Crippen LogP contribution in [0.5, 0.6) is 0 Å². The maximum atomic E-state index is 2.61. The Bertz CT molecular complexity index is 926. The topological polar surface area (TPSA) is 0 Å². The molecule has 0 atom stereocenters. The third kappa shape index (κ3) is 5.20. The van der Waals surface area contributed by atoms with E-state index in [-0.39, 0.29) is 0 Å². The summed E-state index contributed by atoms with van der Waals surface area (Å²) < 4.78 is 6.62. The van der Waals surface area contributed by atoms with Gasteiger partial charge in [0.05, 0.1) is 0 Å². The first kappa shape index (κ1) is 24.0. The van der Waals surface area contributed by atoms with E-state index in [1.54, 1.807) is 39.1 Å². The molecule has 0 bridgehead atoms. The molecular weight excluding hydrogens is 539 g/mol. The Morgan fingerprint density at radius 1 is 0.742 bits per heavy atom. The fourth-order valence-corrected chi connectivity index (χ4v) is 27.9. The Balaban J connectivity index is 1.71. The van der Waals surface area contributed by atoms with Crippen molar-refractivity contribution in [2.24, 2.45) is 0 Å². The zero-order valence-corrected chi connectivity index (χ0v) is 24.9. The molecule has 1 aliphatic carbocycles. The Morgan fingerprint density at radius 2 is 1.35 bits per heavy atom. The molecule has 31 heavy (non-hydrogen) atoms. The molecule has 3 heterocycles. The van der Waals surface area contributed by atoms with Crippen LogP contribution in [-0.4, -0.2) is 18.4 Å². The zero-order valence-electron chi connectivity index (χ0n) is 19.6. The van der Waals surface area contributed by atoms with Crippen LogP contribution in [0.3, 0.4) is 0 Å². The van der Waals surface area contributed by atoms with Gasteiger partial charge in [-0.05, 0) is 0 Å². The minimum atomic E-state index is -2.31. The van der Waals surface area contributed by atoms with E-state index < -0.39 is 18.4 Å². The molecule has 0 amide bonds. The van der Waals surface area contributed by atoms with Crippen molar-refractivity contribution in [3.8, 4) is 19.5 Å². The van der Waals surface area contributed by atoms with Crippen molar-refractivity contribution >= 4 is 55.3 Å². The number of unbranched alkanes of at least 4 members (excludes halogenated alkanes) is 3. The van der Waals surface area contributed by atoms with Crippen LogP contribution in [0.1, 0.15) is 76.8 Å². The van der Waals surface area contributed by atoms with Gasteiger partial charge in [0.15, 0.2) is 0 Å². The Labute approximate surface area is 206 Å². The second-order valence-electron chi connectivity index (χ2n) is 9.30. The van der Waals surface area contributed by atoms with Gasteiger partial charge in [0.1, 0.15) is 0 Å². The molecule has 0 saturated carbocycles. The van der Waals surface area contributed by atoms with E-state index in [9.17, 15) is 0 Å². The number of hydrogen-bond acceptors (Lipinski definition) is 3. The summed E-state index contributed by atoms with van der Waals surface area (Å²) in [5.41, 5.74) is 3.37. The van der Waals surface area contributed by atoms with Crippen LogP contribution < -0.4 is 2.89 Å². The van der Waals surface area contributed by atoms with Gasteiger partial charge in [-0.3, -0.25) is 0 Å². The van der Waals surface area contributed by atoms with Gasteiger partial charge < -0.3 is 0 Å². The summed E-state index contributed by atoms with van der Waals surface area (Å²) in [7, 11) is 0. The van der Waals surface area contributed by atoms with Crippen molar-refractivity contribution in [1.82, 2.24) is 0 Å². The number of thiophene rings is 3. The summed E-state index contributed by atoms with van der Waals surface area (Å²) in [6.45, 7) is 7.16. The predicted molar refractivity (Wildman–Crippen MR) is 148 cm³/mol. The molecule has 0 radical (unpaired) electrons. The van der Waals surface area contributed by atoms with Gasteiger partial charge in [-0.1, -0.05) is 0 Å². The number of hydrogen-bond donors (Lipinski definition) is 0. The summed E-state index contributed by atoms with van der Waals surface area (Å²) in [6.07, 6.45) is 12.3. The van der Waals surface area contributed by atoms with Crippen LogP contribution in [0.25, 0.3) is 19.5 Å². The van der Waals surface area contributed by atoms with Crippen molar-refractivity contribution < 1.29 is 0 Å². The monoisotopic (exact) mass is 578 g/mol. The molecular formula is C27H38S3Sn. The second kappa shape index (κ2) is 11.4. The number of rotatable bonds is 12. The predicted octanol–water partition coefficient (Wildman–Crippen LogP) is 9.75.